The zero-order chi connectivity index (χ0) is 19.5. The Hall–Kier alpha value is -2.51. The Balaban J connectivity index is 1.57. The van der Waals surface area contributed by atoms with E-state index in [4.69, 9.17) is 4.74 Å². The maximum Gasteiger partial charge on any atom is 0.257 e. The molecule has 1 atom stereocenters. The molecule has 1 unspecified atom stereocenters. The standard InChI is InChI=1S/C21H21BrN4O2/c1-2-18-17(13-24-26(18)20-5-3-4-10-23-20)21(27)25-11-12-28-19(14-25)15-6-8-16(22)9-7-15/h3-10,13,19H,2,11-12,14H2,1H3. The molecule has 28 heavy (non-hydrogen) atoms. The van der Waals surface area contributed by atoms with Crippen molar-refractivity contribution in [2.24, 2.45) is 0 Å². The van der Waals surface area contributed by atoms with E-state index in [1.165, 1.54) is 0 Å². The largest absolute Gasteiger partial charge is 0.370 e. The van der Waals surface area contributed by atoms with Crippen LogP contribution in [0.2, 0.25) is 0 Å². The van der Waals surface area contributed by atoms with Crippen molar-refractivity contribution in [1.82, 2.24) is 19.7 Å². The first kappa shape index (κ1) is 18.8. The number of halogens is 1. The normalized spacial score (nSPS) is 16.9. The van der Waals surface area contributed by atoms with E-state index in [1.54, 1.807) is 17.1 Å². The molecule has 1 aromatic carbocycles. The highest BCUT2D eigenvalue weighted by molar-refractivity contribution is 9.10. The lowest BCUT2D eigenvalue weighted by Crippen LogP contribution is -2.42. The molecule has 144 valence electrons. The highest BCUT2D eigenvalue weighted by Crippen LogP contribution is 2.25. The molecule has 0 aliphatic carbocycles. The number of amides is 1. The van der Waals surface area contributed by atoms with Crippen LogP contribution >= 0.6 is 15.9 Å². The predicted molar refractivity (Wildman–Crippen MR) is 109 cm³/mol. The summed E-state index contributed by atoms with van der Waals surface area (Å²) in [5, 5.41) is 4.43. The van der Waals surface area contributed by atoms with E-state index < -0.39 is 0 Å². The van der Waals surface area contributed by atoms with Crippen molar-refractivity contribution in [2.45, 2.75) is 19.4 Å². The van der Waals surface area contributed by atoms with Crippen LogP contribution in [0.25, 0.3) is 5.82 Å². The fourth-order valence-electron chi connectivity index (χ4n) is 3.45. The van der Waals surface area contributed by atoms with Crippen LogP contribution in [-0.4, -0.2) is 45.3 Å². The molecular weight excluding hydrogens is 420 g/mol. The third-order valence-corrected chi connectivity index (χ3v) is 5.42. The van der Waals surface area contributed by atoms with Crippen LogP contribution in [0.4, 0.5) is 0 Å². The number of hydrogen-bond acceptors (Lipinski definition) is 4. The molecule has 0 saturated carbocycles. The third kappa shape index (κ3) is 3.72. The minimum atomic E-state index is -0.123. The van der Waals surface area contributed by atoms with Gasteiger partial charge in [-0.1, -0.05) is 41.1 Å². The summed E-state index contributed by atoms with van der Waals surface area (Å²) in [6.45, 7) is 3.64. The summed E-state index contributed by atoms with van der Waals surface area (Å²) in [4.78, 5) is 19.5. The number of hydrogen-bond donors (Lipinski definition) is 0. The Morgan fingerprint density at radius 3 is 2.79 bits per heavy atom. The van der Waals surface area contributed by atoms with Gasteiger partial charge in [0.15, 0.2) is 5.82 Å². The fraction of sp³-hybridized carbons (Fsp3) is 0.286. The molecular formula is C21H21BrN4O2. The van der Waals surface area contributed by atoms with E-state index in [9.17, 15) is 4.79 Å². The molecule has 1 aliphatic heterocycles. The van der Waals surface area contributed by atoms with Gasteiger partial charge in [0.1, 0.15) is 6.10 Å². The lowest BCUT2D eigenvalue weighted by atomic mass is 10.1. The van der Waals surface area contributed by atoms with E-state index in [0.717, 1.165) is 15.7 Å². The molecule has 3 heterocycles. The van der Waals surface area contributed by atoms with Crippen LogP contribution in [-0.2, 0) is 11.2 Å². The Morgan fingerprint density at radius 1 is 1.25 bits per heavy atom. The first-order valence-corrected chi connectivity index (χ1v) is 10.1. The van der Waals surface area contributed by atoms with Crippen LogP contribution < -0.4 is 0 Å². The number of rotatable bonds is 4. The lowest BCUT2D eigenvalue weighted by molar-refractivity contribution is -0.0228. The molecule has 7 heteroatoms. The second-order valence-corrected chi connectivity index (χ2v) is 7.54. The summed E-state index contributed by atoms with van der Waals surface area (Å²) in [6.07, 6.45) is 3.95. The van der Waals surface area contributed by atoms with Crippen molar-refractivity contribution in [3.05, 3.63) is 76.2 Å². The highest BCUT2D eigenvalue weighted by Gasteiger charge is 2.28. The molecule has 1 fully saturated rings. The van der Waals surface area contributed by atoms with Gasteiger partial charge in [-0.3, -0.25) is 4.79 Å². The van der Waals surface area contributed by atoms with Crippen LogP contribution in [0.3, 0.4) is 0 Å². The van der Waals surface area contributed by atoms with E-state index in [-0.39, 0.29) is 12.0 Å². The SMILES string of the molecule is CCc1c(C(=O)N2CCOC(c3ccc(Br)cc3)C2)cnn1-c1ccccn1. The third-order valence-electron chi connectivity index (χ3n) is 4.90. The number of pyridine rings is 1. The van der Waals surface area contributed by atoms with Gasteiger partial charge in [0.25, 0.3) is 5.91 Å². The van der Waals surface area contributed by atoms with E-state index in [1.807, 2.05) is 54.3 Å². The van der Waals surface area contributed by atoms with Gasteiger partial charge in [-0.2, -0.15) is 5.10 Å². The topological polar surface area (TPSA) is 60.3 Å². The zero-order valence-electron chi connectivity index (χ0n) is 15.6. The number of aromatic nitrogens is 3. The molecule has 1 amide bonds. The van der Waals surface area contributed by atoms with Crippen molar-refractivity contribution >= 4 is 21.8 Å². The summed E-state index contributed by atoms with van der Waals surface area (Å²) >= 11 is 3.45. The van der Waals surface area contributed by atoms with Crippen LogP contribution in [0, 0.1) is 0 Å². The van der Waals surface area contributed by atoms with Crippen LogP contribution in [0.1, 0.15) is 34.6 Å². The maximum absolute atomic E-state index is 13.2. The number of carbonyl (C=O) groups excluding carboxylic acids is 1. The Kier molecular flexibility index (Phi) is 5.54. The van der Waals surface area contributed by atoms with E-state index in [0.29, 0.717) is 37.5 Å². The lowest BCUT2D eigenvalue weighted by Gasteiger charge is -2.33. The predicted octanol–water partition coefficient (Wildman–Crippen LogP) is 3.81. The van der Waals surface area contributed by atoms with Crippen molar-refractivity contribution in [3.8, 4) is 5.82 Å². The second kappa shape index (κ2) is 8.24. The van der Waals surface area contributed by atoms with Gasteiger partial charge in [-0.05, 0) is 36.2 Å². The minimum Gasteiger partial charge on any atom is -0.370 e. The van der Waals surface area contributed by atoms with Gasteiger partial charge >= 0.3 is 0 Å². The fourth-order valence-corrected chi connectivity index (χ4v) is 3.72. The smallest absolute Gasteiger partial charge is 0.257 e. The minimum absolute atomic E-state index is 0.00978. The second-order valence-electron chi connectivity index (χ2n) is 6.62. The average molecular weight is 441 g/mol. The van der Waals surface area contributed by atoms with Gasteiger partial charge in [0.05, 0.1) is 30.6 Å². The molecule has 0 radical (unpaired) electrons. The maximum atomic E-state index is 13.2. The number of morpholine rings is 1. The quantitative estimate of drug-likeness (QED) is 0.618. The monoisotopic (exact) mass is 440 g/mol. The molecule has 3 aromatic rings. The van der Waals surface area contributed by atoms with E-state index in [2.05, 4.69) is 26.0 Å². The number of nitrogens with zero attached hydrogens (tertiary/aromatic N) is 4. The van der Waals surface area contributed by atoms with Crippen LogP contribution in [0.5, 0.6) is 0 Å². The summed E-state index contributed by atoms with van der Waals surface area (Å²) in [5.74, 6) is 0.706. The molecule has 0 spiro atoms. The molecule has 1 saturated heterocycles. The molecule has 2 aromatic heterocycles. The van der Waals surface area contributed by atoms with Gasteiger partial charge in [-0.25, -0.2) is 9.67 Å². The molecule has 0 N–H and O–H groups in total. The Bertz CT molecular complexity index is 956. The summed E-state index contributed by atoms with van der Waals surface area (Å²) in [7, 11) is 0. The van der Waals surface area contributed by atoms with Gasteiger partial charge in [-0.15, -0.1) is 0 Å². The molecule has 1 aliphatic rings. The van der Waals surface area contributed by atoms with Crippen molar-refractivity contribution < 1.29 is 9.53 Å². The van der Waals surface area contributed by atoms with Crippen molar-refractivity contribution in [1.29, 1.82) is 0 Å². The molecule has 4 rings (SSSR count). The number of benzene rings is 1. The summed E-state index contributed by atoms with van der Waals surface area (Å²) in [5.41, 5.74) is 2.57. The van der Waals surface area contributed by atoms with Gasteiger partial charge in [0.2, 0.25) is 0 Å². The molecule has 0 bridgehead atoms. The van der Waals surface area contributed by atoms with Gasteiger partial charge in [0, 0.05) is 17.2 Å². The van der Waals surface area contributed by atoms with E-state index >= 15 is 0 Å². The van der Waals surface area contributed by atoms with Crippen molar-refractivity contribution in [3.63, 3.8) is 0 Å². The Labute approximate surface area is 172 Å². The highest BCUT2D eigenvalue weighted by atomic mass is 79.9. The first-order valence-electron chi connectivity index (χ1n) is 9.32. The summed E-state index contributed by atoms with van der Waals surface area (Å²) < 4.78 is 8.68. The Morgan fingerprint density at radius 2 is 2.07 bits per heavy atom. The zero-order valence-corrected chi connectivity index (χ0v) is 17.2. The first-order chi connectivity index (χ1) is 13.7. The molecule has 6 nitrogen and oxygen atoms in total. The van der Waals surface area contributed by atoms with Crippen molar-refractivity contribution in [2.75, 3.05) is 19.7 Å². The van der Waals surface area contributed by atoms with Crippen LogP contribution in [0.15, 0.2) is 59.3 Å². The number of carbonyl (C=O) groups is 1. The van der Waals surface area contributed by atoms with Gasteiger partial charge < -0.3 is 9.64 Å². The number of ether oxygens (including phenoxy) is 1. The average Bonchev–Trinajstić information content (AvgIpc) is 3.18. The summed E-state index contributed by atoms with van der Waals surface area (Å²) in [6, 6.07) is 13.7.